The van der Waals surface area contributed by atoms with Crippen molar-refractivity contribution >= 4 is 31.9 Å². The summed E-state index contributed by atoms with van der Waals surface area (Å²) in [6.07, 6.45) is 0. The van der Waals surface area contributed by atoms with Crippen LogP contribution in [0.2, 0.25) is 0 Å². The molecule has 0 saturated carbocycles. The molecule has 0 spiro atoms. The minimum atomic E-state index is -0.326. The first-order chi connectivity index (χ1) is 8.58. The standard InChI is InChI=1S/C14H11Br2FO/c1-9-4-13(3-2-10(9)8-15)18-14-6-11(16)5-12(17)7-14/h2-7H,8H2,1H3. The van der Waals surface area contributed by atoms with Crippen molar-refractivity contribution in [2.45, 2.75) is 12.3 Å². The second-order valence-corrected chi connectivity index (χ2v) is 5.41. The normalized spacial score (nSPS) is 10.4. The second-order valence-electron chi connectivity index (χ2n) is 3.93. The van der Waals surface area contributed by atoms with Gasteiger partial charge in [0.25, 0.3) is 0 Å². The quantitative estimate of drug-likeness (QED) is 0.637. The Morgan fingerprint density at radius 2 is 1.89 bits per heavy atom. The molecule has 0 radical (unpaired) electrons. The Morgan fingerprint density at radius 3 is 2.50 bits per heavy atom. The molecule has 0 aliphatic heterocycles. The zero-order valence-electron chi connectivity index (χ0n) is 9.71. The molecule has 0 saturated heterocycles. The minimum absolute atomic E-state index is 0.326. The highest BCUT2D eigenvalue weighted by Gasteiger charge is 2.04. The number of rotatable bonds is 3. The number of aryl methyl sites for hydroxylation is 1. The van der Waals surface area contributed by atoms with Gasteiger partial charge >= 0.3 is 0 Å². The van der Waals surface area contributed by atoms with E-state index in [1.807, 2.05) is 25.1 Å². The smallest absolute Gasteiger partial charge is 0.131 e. The van der Waals surface area contributed by atoms with Crippen LogP contribution < -0.4 is 4.74 Å². The van der Waals surface area contributed by atoms with Gasteiger partial charge in [-0.15, -0.1) is 0 Å². The molecule has 0 aliphatic carbocycles. The van der Waals surface area contributed by atoms with E-state index in [2.05, 4.69) is 31.9 Å². The Kier molecular flexibility index (Phi) is 4.40. The van der Waals surface area contributed by atoms with E-state index in [4.69, 9.17) is 4.74 Å². The first-order valence-corrected chi connectivity index (χ1v) is 7.29. The summed E-state index contributed by atoms with van der Waals surface area (Å²) in [4.78, 5) is 0. The van der Waals surface area contributed by atoms with Crippen LogP contribution in [0.4, 0.5) is 4.39 Å². The maximum atomic E-state index is 13.2. The van der Waals surface area contributed by atoms with E-state index < -0.39 is 0 Å². The fourth-order valence-corrected chi connectivity index (χ4v) is 2.68. The zero-order valence-corrected chi connectivity index (χ0v) is 12.9. The molecule has 0 aliphatic rings. The van der Waals surface area contributed by atoms with Crippen molar-refractivity contribution in [1.82, 2.24) is 0 Å². The van der Waals surface area contributed by atoms with E-state index in [1.54, 1.807) is 6.07 Å². The Hall–Kier alpha value is -0.870. The molecule has 0 N–H and O–H groups in total. The van der Waals surface area contributed by atoms with Crippen molar-refractivity contribution in [2.75, 3.05) is 0 Å². The molecule has 0 aromatic heterocycles. The van der Waals surface area contributed by atoms with Crippen LogP contribution in [0.25, 0.3) is 0 Å². The van der Waals surface area contributed by atoms with Crippen molar-refractivity contribution in [1.29, 1.82) is 0 Å². The Bertz CT molecular complexity index is 549. The summed E-state index contributed by atoms with van der Waals surface area (Å²) in [6, 6.07) is 10.3. The number of benzene rings is 2. The number of alkyl halides is 1. The summed E-state index contributed by atoms with van der Waals surface area (Å²) >= 11 is 6.66. The van der Waals surface area contributed by atoms with Crippen molar-refractivity contribution in [3.63, 3.8) is 0 Å². The van der Waals surface area contributed by atoms with Gasteiger partial charge in [0.05, 0.1) is 0 Å². The fourth-order valence-electron chi connectivity index (χ4n) is 1.61. The molecule has 18 heavy (non-hydrogen) atoms. The van der Waals surface area contributed by atoms with Gasteiger partial charge in [0.2, 0.25) is 0 Å². The van der Waals surface area contributed by atoms with Crippen LogP contribution in [0.1, 0.15) is 11.1 Å². The van der Waals surface area contributed by atoms with Gasteiger partial charge in [-0.05, 0) is 42.3 Å². The molecule has 2 aromatic carbocycles. The third kappa shape index (κ3) is 3.33. The minimum Gasteiger partial charge on any atom is -0.457 e. The van der Waals surface area contributed by atoms with Crippen molar-refractivity contribution < 1.29 is 9.13 Å². The molecule has 0 unspecified atom stereocenters. The van der Waals surface area contributed by atoms with Crippen molar-refractivity contribution in [3.8, 4) is 11.5 Å². The molecule has 0 atom stereocenters. The highest BCUT2D eigenvalue weighted by molar-refractivity contribution is 9.10. The van der Waals surface area contributed by atoms with Crippen LogP contribution >= 0.6 is 31.9 Å². The lowest BCUT2D eigenvalue weighted by molar-refractivity contribution is 0.475. The summed E-state index contributed by atoms with van der Waals surface area (Å²) in [5.41, 5.74) is 2.35. The van der Waals surface area contributed by atoms with E-state index in [1.165, 1.54) is 17.7 Å². The molecular weight excluding hydrogens is 363 g/mol. The third-order valence-corrected chi connectivity index (χ3v) is 3.59. The summed E-state index contributed by atoms with van der Waals surface area (Å²) < 4.78 is 19.5. The van der Waals surface area contributed by atoms with Gasteiger partial charge in [0.15, 0.2) is 0 Å². The summed E-state index contributed by atoms with van der Waals surface area (Å²) in [5, 5.41) is 0.810. The van der Waals surface area contributed by atoms with Crippen LogP contribution in [0.5, 0.6) is 11.5 Å². The van der Waals surface area contributed by atoms with Gasteiger partial charge < -0.3 is 4.74 Å². The van der Waals surface area contributed by atoms with Crippen LogP contribution in [-0.2, 0) is 5.33 Å². The summed E-state index contributed by atoms with van der Waals surface area (Å²) in [6.45, 7) is 2.02. The molecule has 4 heteroatoms. The van der Waals surface area contributed by atoms with Crippen LogP contribution in [-0.4, -0.2) is 0 Å². The number of ether oxygens (including phenoxy) is 1. The summed E-state index contributed by atoms with van der Waals surface area (Å²) in [5.74, 6) is 0.857. The second kappa shape index (κ2) is 5.85. The molecule has 1 nitrogen and oxygen atoms in total. The molecule has 2 rings (SSSR count). The lowest BCUT2D eigenvalue weighted by Gasteiger charge is -2.09. The lowest BCUT2D eigenvalue weighted by atomic mass is 10.1. The fraction of sp³-hybridized carbons (Fsp3) is 0.143. The van der Waals surface area contributed by atoms with Crippen molar-refractivity contribution in [2.24, 2.45) is 0 Å². The van der Waals surface area contributed by atoms with E-state index in [9.17, 15) is 4.39 Å². The van der Waals surface area contributed by atoms with Gasteiger partial charge in [-0.3, -0.25) is 0 Å². The Morgan fingerprint density at radius 1 is 1.11 bits per heavy atom. The van der Waals surface area contributed by atoms with Crippen molar-refractivity contribution in [3.05, 3.63) is 57.8 Å². The van der Waals surface area contributed by atoms with Gasteiger partial charge in [-0.2, -0.15) is 0 Å². The molecule has 0 amide bonds. The van der Waals surface area contributed by atoms with Crippen LogP contribution in [0.15, 0.2) is 40.9 Å². The van der Waals surface area contributed by atoms with Gasteiger partial charge in [0.1, 0.15) is 17.3 Å². The highest BCUT2D eigenvalue weighted by atomic mass is 79.9. The van der Waals surface area contributed by atoms with E-state index in [0.717, 1.165) is 10.9 Å². The van der Waals surface area contributed by atoms with Crippen LogP contribution in [0.3, 0.4) is 0 Å². The SMILES string of the molecule is Cc1cc(Oc2cc(F)cc(Br)c2)ccc1CBr. The largest absolute Gasteiger partial charge is 0.457 e. The Labute approximate surface area is 122 Å². The maximum Gasteiger partial charge on any atom is 0.131 e. The average Bonchev–Trinajstić information content (AvgIpc) is 2.27. The first kappa shape index (κ1) is 13.6. The average molecular weight is 374 g/mol. The predicted octanol–water partition coefficient (Wildman–Crippen LogP) is 5.58. The highest BCUT2D eigenvalue weighted by Crippen LogP contribution is 2.27. The number of hydrogen-bond acceptors (Lipinski definition) is 1. The first-order valence-electron chi connectivity index (χ1n) is 5.38. The van der Waals surface area contributed by atoms with E-state index in [0.29, 0.717) is 16.0 Å². The molecule has 0 fully saturated rings. The van der Waals surface area contributed by atoms with Gasteiger partial charge in [-0.1, -0.05) is 37.9 Å². The molecular formula is C14H11Br2FO. The topological polar surface area (TPSA) is 9.23 Å². The monoisotopic (exact) mass is 372 g/mol. The van der Waals surface area contributed by atoms with Gasteiger partial charge in [0, 0.05) is 15.9 Å². The van der Waals surface area contributed by atoms with Gasteiger partial charge in [-0.25, -0.2) is 4.39 Å². The molecule has 0 heterocycles. The zero-order chi connectivity index (χ0) is 13.1. The number of hydrogen-bond donors (Lipinski definition) is 0. The number of halogens is 3. The van der Waals surface area contributed by atoms with E-state index in [-0.39, 0.29) is 5.82 Å². The van der Waals surface area contributed by atoms with E-state index >= 15 is 0 Å². The Balaban J connectivity index is 2.25. The van der Waals surface area contributed by atoms with Crippen LogP contribution in [0, 0.1) is 12.7 Å². The molecule has 2 aromatic rings. The molecule has 94 valence electrons. The lowest BCUT2D eigenvalue weighted by Crippen LogP contribution is -1.89. The summed E-state index contributed by atoms with van der Waals surface area (Å²) in [7, 11) is 0. The maximum absolute atomic E-state index is 13.2. The molecule has 0 bridgehead atoms. The predicted molar refractivity (Wildman–Crippen MR) is 78.0 cm³/mol. The third-order valence-electron chi connectivity index (χ3n) is 2.53.